The average Bonchev–Trinajstić information content (AvgIpc) is 2.16. The fraction of sp³-hybridized carbons (Fsp3) is 0.889. The number of nitrogens with zero attached hydrogens (tertiary/aromatic N) is 1. The van der Waals surface area contributed by atoms with Crippen molar-refractivity contribution < 1.29 is 9.53 Å². The van der Waals surface area contributed by atoms with Gasteiger partial charge in [0.05, 0.1) is 19.2 Å². The van der Waals surface area contributed by atoms with E-state index in [1.54, 1.807) is 7.11 Å². The van der Waals surface area contributed by atoms with Crippen molar-refractivity contribution in [3.05, 3.63) is 0 Å². The van der Waals surface area contributed by atoms with Crippen LogP contribution in [0.3, 0.4) is 0 Å². The summed E-state index contributed by atoms with van der Waals surface area (Å²) in [6, 6.07) is 0.250. The Morgan fingerprint density at radius 3 is 3.00 bits per heavy atom. The van der Waals surface area contributed by atoms with Crippen LogP contribution in [0.25, 0.3) is 0 Å². The molecule has 4 nitrogen and oxygen atoms in total. The summed E-state index contributed by atoms with van der Waals surface area (Å²) in [5.74, 6) is 0.190. The van der Waals surface area contributed by atoms with Crippen LogP contribution in [0, 0.1) is 0 Å². The van der Waals surface area contributed by atoms with Crippen molar-refractivity contribution in [2.75, 3.05) is 33.4 Å². The van der Waals surface area contributed by atoms with E-state index in [-0.39, 0.29) is 11.9 Å². The van der Waals surface area contributed by atoms with E-state index in [0.717, 1.165) is 19.5 Å². The molecular formula is C9H18N2O2. The first-order valence-corrected chi connectivity index (χ1v) is 4.78. The van der Waals surface area contributed by atoms with E-state index in [1.807, 2.05) is 4.90 Å². The highest BCUT2D eigenvalue weighted by Crippen LogP contribution is 2.06. The quantitative estimate of drug-likeness (QED) is 0.663. The predicted molar refractivity (Wildman–Crippen MR) is 50.5 cm³/mol. The summed E-state index contributed by atoms with van der Waals surface area (Å²) in [5.41, 5.74) is 0. The molecule has 0 radical (unpaired) electrons. The maximum absolute atomic E-state index is 11.5. The van der Waals surface area contributed by atoms with Crippen molar-refractivity contribution in [1.82, 2.24) is 10.2 Å². The Labute approximate surface area is 79.2 Å². The number of ether oxygens (including phenoxy) is 1. The topological polar surface area (TPSA) is 41.6 Å². The molecule has 0 bridgehead atoms. The fourth-order valence-corrected chi connectivity index (χ4v) is 1.63. The van der Waals surface area contributed by atoms with Crippen LogP contribution in [0.4, 0.5) is 0 Å². The Bertz CT molecular complexity index is 173. The largest absolute Gasteiger partial charge is 0.383 e. The third-order valence-electron chi connectivity index (χ3n) is 2.40. The molecule has 4 heteroatoms. The Morgan fingerprint density at radius 2 is 2.46 bits per heavy atom. The second-order valence-corrected chi connectivity index (χ2v) is 3.28. The number of methoxy groups -OCH3 is 1. The van der Waals surface area contributed by atoms with Gasteiger partial charge in [0.15, 0.2) is 0 Å². The van der Waals surface area contributed by atoms with Gasteiger partial charge >= 0.3 is 0 Å². The van der Waals surface area contributed by atoms with Crippen molar-refractivity contribution in [2.24, 2.45) is 0 Å². The van der Waals surface area contributed by atoms with E-state index in [0.29, 0.717) is 13.2 Å². The number of hydrogen-bond donors (Lipinski definition) is 1. The molecule has 0 aromatic carbocycles. The van der Waals surface area contributed by atoms with E-state index < -0.39 is 0 Å². The van der Waals surface area contributed by atoms with Gasteiger partial charge in [-0.3, -0.25) is 4.79 Å². The number of piperazine rings is 1. The Hall–Kier alpha value is -0.610. The summed E-state index contributed by atoms with van der Waals surface area (Å²) in [4.78, 5) is 13.4. The Kier molecular flexibility index (Phi) is 4.18. The molecule has 1 unspecified atom stereocenters. The molecular weight excluding hydrogens is 168 g/mol. The van der Waals surface area contributed by atoms with Gasteiger partial charge in [-0.2, -0.15) is 0 Å². The first kappa shape index (κ1) is 10.5. The van der Waals surface area contributed by atoms with Crippen molar-refractivity contribution in [3.63, 3.8) is 0 Å². The van der Waals surface area contributed by atoms with Gasteiger partial charge in [0.2, 0.25) is 5.91 Å². The molecule has 0 aromatic rings. The first-order valence-electron chi connectivity index (χ1n) is 4.78. The molecule has 1 rings (SSSR count). The maximum Gasteiger partial charge on any atom is 0.236 e. The molecule has 0 aliphatic carbocycles. The molecule has 1 atom stereocenters. The van der Waals surface area contributed by atoms with Crippen LogP contribution >= 0.6 is 0 Å². The van der Waals surface area contributed by atoms with Gasteiger partial charge in [-0.05, 0) is 6.42 Å². The highest BCUT2D eigenvalue weighted by Gasteiger charge is 2.24. The Balaban J connectivity index is 2.49. The minimum absolute atomic E-state index is 0.190. The minimum atomic E-state index is 0.190. The van der Waals surface area contributed by atoms with Gasteiger partial charge in [-0.25, -0.2) is 0 Å². The average molecular weight is 186 g/mol. The summed E-state index contributed by atoms with van der Waals surface area (Å²) < 4.78 is 5.08. The van der Waals surface area contributed by atoms with Gasteiger partial charge in [-0.1, -0.05) is 6.92 Å². The lowest BCUT2D eigenvalue weighted by Crippen LogP contribution is -2.53. The third kappa shape index (κ3) is 2.67. The highest BCUT2D eigenvalue weighted by molar-refractivity contribution is 5.79. The lowest BCUT2D eigenvalue weighted by Gasteiger charge is -2.34. The van der Waals surface area contributed by atoms with Crippen LogP contribution < -0.4 is 5.32 Å². The van der Waals surface area contributed by atoms with Crippen LogP contribution in [-0.2, 0) is 9.53 Å². The number of carbonyl (C=O) groups excluding carboxylic acids is 1. The summed E-state index contributed by atoms with van der Waals surface area (Å²) in [6.45, 7) is 4.90. The number of amides is 1. The zero-order chi connectivity index (χ0) is 9.68. The normalized spacial score (nSPS) is 20.5. The standard InChI is InChI=1S/C9H18N2O2/c1-3-8(7-13-2)11-5-4-10-6-9(11)12/h8,10H,3-7H2,1-2H3. The van der Waals surface area contributed by atoms with E-state index in [2.05, 4.69) is 12.2 Å². The highest BCUT2D eigenvalue weighted by atomic mass is 16.5. The monoisotopic (exact) mass is 186 g/mol. The van der Waals surface area contributed by atoms with Gasteiger partial charge < -0.3 is 15.0 Å². The van der Waals surface area contributed by atoms with Crippen LogP contribution in [0.2, 0.25) is 0 Å². The van der Waals surface area contributed by atoms with E-state index in [4.69, 9.17) is 4.74 Å². The summed E-state index contributed by atoms with van der Waals surface area (Å²) in [7, 11) is 1.68. The number of hydrogen-bond acceptors (Lipinski definition) is 3. The molecule has 1 aliphatic heterocycles. The van der Waals surface area contributed by atoms with Gasteiger partial charge in [0.25, 0.3) is 0 Å². The molecule has 76 valence electrons. The molecule has 1 fully saturated rings. The fourth-order valence-electron chi connectivity index (χ4n) is 1.63. The number of carbonyl (C=O) groups is 1. The summed E-state index contributed by atoms with van der Waals surface area (Å²) in [5, 5.41) is 3.05. The molecule has 1 heterocycles. The van der Waals surface area contributed by atoms with Gasteiger partial charge in [0, 0.05) is 20.2 Å². The molecule has 13 heavy (non-hydrogen) atoms. The maximum atomic E-state index is 11.5. The van der Waals surface area contributed by atoms with Crippen molar-refractivity contribution in [3.8, 4) is 0 Å². The van der Waals surface area contributed by atoms with E-state index in [1.165, 1.54) is 0 Å². The molecule has 1 amide bonds. The van der Waals surface area contributed by atoms with Crippen LogP contribution in [0.15, 0.2) is 0 Å². The van der Waals surface area contributed by atoms with Gasteiger partial charge in [-0.15, -0.1) is 0 Å². The van der Waals surface area contributed by atoms with E-state index >= 15 is 0 Å². The molecule has 0 saturated carbocycles. The van der Waals surface area contributed by atoms with E-state index in [9.17, 15) is 4.79 Å². The first-order chi connectivity index (χ1) is 6.29. The Morgan fingerprint density at radius 1 is 1.69 bits per heavy atom. The second-order valence-electron chi connectivity index (χ2n) is 3.28. The minimum Gasteiger partial charge on any atom is -0.383 e. The van der Waals surface area contributed by atoms with Crippen LogP contribution in [-0.4, -0.2) is 50.2 Å². The van der Waals surface area contributed by atoms with Crippen LogP contribution in [0.1, 0.15) is 13.3 Å². The van der Waals surface area contributed by atoms with Crippen LogP contribution in [0.5, 0.6) is 0 Å². The second kappa shape index (κ2) is 5.19. The van der Waals surface area contributed by atoms with Crippen molar-refractivity contribution in [2.45, 2.75) is 19.4 Å². The zero-order valence-electron chi connectivity index (χ0n) is 8.38. The lowest BCUT2D eigenvalue weighted by molar-refractivity contribution is -0.135. The third-order valence-corrected chi connectivity index (χ3v) is 2.40. The van der Waals surface area contributed by atoms with Crippen molar-refractivity contribution >= 4 is 5.91 Å². The molecule has 0 spiro atoms. The molecule has 1 aliphatic rings. The summed E-state index contributed by atoms with van der Waals surface area (Å²) in [6.07, 6.45) is 0.958. The molecule has 1 N–H and O–H groups in total. The number of rotatable bonds is 4. The lowest BCUT2D eigenvalue weighted by atomic mass is 10.2. The predicted octanol–water partition coefficient (Wildman–Crippen LogP) is -0.157. The van der Waals surface area contributed by atoms with Gasteiger partial charge in [0.1, 0.15) is 0 Å². The smallest absolute Gasteiger partial charge is 0.236 e. The SMILES string of the molecule is CCC(COC)N1CCNCC1=O. The van der Waals surface area contributed by atoms with Crippen molar-refractivity contribution in [1.29, 1.82) is 0 Å². The molecule has 0 aromatic heterocycles. The zero-order valence-corrected chi connectivity index (χ0v) is 8.38. The molecule has 1 saturated heterocycles. The number of nitrogens with one attached hydrogen (secondary N) is 1. The summed E-state index contributed by atoms with van der Waals surface area (Å²) >= 11 is 0.